The van der Waals surface area contributed by atoms with Gasteiger partial charge in [0.25, 0.3) is 0 Å². The molecule has 2 aromatic carbocycles. The van der Waals surface area contributed by atoms with Gasteiger partial charge in [0.15, 0.2) is 0 Å². The van der Waals surface area contributed by atoms with E-state index < -0.39 is 0 Å². The minimum Gasteiger partial charge on any atom is -0.326 e. The minimum atomic E-state index is -0.248. The molecule has 1 saturated carbocycles. The summed E-state index contributed by atoms with van der Waals surface area (Å²) >= 11 is 7.96. The van der Waals surface area contributed by atoms with Crippen molar-refractivity contribution in [3.05, 3.63) is 64.0 Å². The standard InChI is InChI=1S/C22H19ClN2O2S/c1-13-6-9-15(24-22(27)14-7-8-14)12-17(13)25-20(26)11-10-19-21(23)16-4-2-3-5-18(16)28-19/h2-6,9-12,14H,7-8H2,1H3,(H,24,27)(H,25,26)/b11-10+. The molecule has 0 atom stereocenters. The van der Waals surface area contributed by atoms with Crippen LogP contribution in [0, 0.1) is 12.8 Å². The summed E-state index contributed by atoms with van der Waals surface area (Å²) in [6, 6.07) is 13.4. The minimum absolute atomic E-state index is 0.0421. The summed E-state index contributed by atoms with van der Waals surface area (Å²) in [4.78, 5) is 25.2. The zero-order valence-electron chi connectivity index (χ0n) is 15.3. The Labute approximate surface area is 172 Å². The number of aryl methyl sites for hydroxylation is 1. The van der Waals surface area contributed by atoms with Crippen molar-refractivity contribution < 1.29 is 9.59 Å². The highest BCUT2D eigenvalue weighted by Gasteiger charge is 2.29. The fourth-order valence-electron chi connectivity index (χ4n) is 2.89. The van der Waals surface area contributed by atoms with Gasteiger partial charge in [-0.15, -0.1) is 11.3 Å². The van der Waals surface area contributed by atoms with Crippen LogP contribution in [0.3, 0.4) is 0 Å². The molecular formula is C22H19ClN2O2S. The number of carbonyl (C=O) groups is 2. The Morgan fingerprint density at radius 2 is 1.93 bits per heavy atom. The molecule has 1 aliphatic rings. The lowest BCUT2D eigenvalue weighted by atomic mass is 10.1. The van der Waals surface area contributed by atoms with E-state index in [1.54, 1.807) is 23.5 Å². The number of hydrogen-bond donors (Lipinski definition) is 2. The van der Waals surface area contributed by atoms with Crippen molar-refractivity contribution in [1.29, 1.82) is 0 Å². The molecule has 0 unspecified atom stereocenters. The first kappa shape index (κ1) is 18.7. The van der Waals surface area contributed by atoms with Gasteiger partial charge in [0.2, 0.25) is 11.8 Å². The molecule has 0 aliphatic heterocycles. The van der Waals surface area contributed by atoms with Crippen molar-refractivity contribution in [1.82, 2.24) is 0 Å². The molecule has 2 amide bonds. The summed E-state index contributed by atoms with van der Waals surface area (Å²) in [5.74, 6) is -0.0731. The van der Waals surface area contributed by atoms with Crippen LogP contribution in [0.15, 0.2) is 48.5 Å². The highest BCUT2D eigenvalue weighted by atomic mass is 35.5. The molecule has 28 heavy (non-hydrogen) atoms. The molecule has 0 spiro atoms. The van der Waals surface area contributed by atoms with E-state index in [-0.39, 0.29) is 17.7 Å². The van der Waals surface area contributed by atoms with Crippen molar-refractivity contribution in [2.24, 2.45) is 5.92 Å². The number of hydrogen-bond acceptors (Lipinski definition) is 3. The second kappa shape index (κ2) is 7.78. The summed E-state index contributed by atoms with van der Waals surface area (Å²) in [7, 11) is 0. The van der Waals surface area contributed by atoms with Crippen molar-refractivity contribution in [2.75, 3.05) is 10.6 Å². The number of amides is 2. The predicted octanol–water partition coefficient (Wildman–Crippen LogP) is 5.86. The summed E-state index contributed by atoms with van der Waals surface area (Å²) in [6.07, 6.45) is 5.11. The topological polar surface area (TPSA) is 58.2 Å². The molecule has 0 radical (unpaired) electrons. The fraction of sp³-hybridized carbons (Fsp3) is 0.182. The van der Waals surface area contributed by atoms with E-state index in [1.807, 2.05) is 43.3 Å². The third kappa shape index (κ3) is 4.11. The van der Waals surface area contributed by atoms with Crippen LogP contribution in [-0.2, 0) is 9.59 Å². The highest BCUT2D eigenvalue weighted by molar-refractivity contribution is 7.20. The summed E-state index contributed by atoms with van der Waals surface area (Å²) < 4.78 is 1.09. The first-order valence-corrected chi connectivity index (χ1v) is 10.3. The Morgan fingerprint density at radius 3 is 2.68 bits per heavy atom. The number of anilines is 2. The third-order valence-electron chi connectivity index (χ3n) is 4.66. The molecule has 4 rings (SSSR count). The average Bonchev–Trinajstić information content (AvgIpc) is 3.48. The number of fused-ring (bicyclic) bond motifs is 1. The lowest BCUT2D eigenvalue weighted by Crippen LogP contribution is -2.14. The Balaban J connectivity index is 1.47. The fourth-order valence-corrected chi connectivity index (χ4v) is 4.29. The van der Waals surface area contributed by atoms with Crippen LogP contribution < -0.4 is 10.6 Å². The van der Waals surface area contributed by atoms with Gasteiger partial charge in [-0.25, -0.2) is 0 Å². The van der Waals surface area contributed by atoms with Gasteiger partial charge in [0.05, 0.1) is 5.02 Å². The quantitative estimate of drug-likeness (QED) is 0.517. The maximum atomic E-state index is 12.4. The van der Waals surface area contributed by atoms with Crippen LogP contribution in [0.5, 0.6) is 0 Å². The van der Waals surface area contributed by atoms with Gasteiger partial charge < -0.3 is 10.6 Å². The van der Waals surface area contributed by atoms with Crippen LogP contribution in [0.2, 0.25) is 5.02 Å². The van der Waals surface area contributed by atoms with E-state index in [1.165, 1.54) is 6.08 Å². The van der Waals surface area contributed by atoms with Gasteiger partial charge in [-0.2, -0.15) is 0 Å². The van der Waals surface area contributed by atoms with E-state index in [9.17, 15) is 9.59 Å². The van der Waals surface area contributed by atoms with Gasteiger partial charge in [-0.3, -0.25) is 9.59 Å². The Morgan fingerprint density at radius 1 is 1.14 bits per heavy atom. The zero-order valence-corrected chi connectivity index (χ0v) is 16.9. The Kier molecular flexibility index (Phi) is 5.20. The van der Waals surface area contributed by atoms with Gasteiger partial charge in [0.1, 0.15) is 0 Å². The molecule has 0 saturated heterocycles. The highest BCUT2D eigenvalue weighted by Crippen LogP contribution is 2.36. The lowest BCUT2D eigenvalue weighted by molar-refractivity contribution is -0.117. The van der Waals surface area contributed by atoms with Crippen LogP contribution in [-0.4, -0.2) is 11.8 Å². The normalized spacial score (nSPS) is 13.8. The molecule has 6 heteroatoms. The second-order valence-corrected chi connectivity index (χ2v) is 8.35. The first-order chi connectivity index (χ1) is 13.5. The molecule has 2 N–H and O–H groups in total. The maximum absolute atomic E-state index is 12.4. The van der Waals surface area contributed by atoms with Crippen molar-refractivity contribution in [3.8, 4) is 0 Å². The van der Waals surface area contributed by atoms with E-state index in [0.717, 1.165) is 33.4 Å². The monoisotopic (exact) mass is 410 g/mol. The van der Waals surface area contributed by atoms with Crippen molar-refractivity contribution in [2.45, 2.75) is 19.8 Å². The van der Waals surface area contributed by atoms with E-state index in [4.69, 9.17) is 11.6 Å². The van der Waals surface area contributed by atoms with E-state index >= 15 is 0 Å². The number of carbonyl (C=O) groups excluding carboxylic acids is 2. The third-order valence-corrected chi connectivity index (χ3v) is 6.31. The lowest BCUT2D eigenvalue weighted by Gasteiger charge is -2.10. The molecule has 4 nitrogen and oxygen atoms in total. The van der Waals surface area contributed by atoms with Crippen LogP contribution in [0.1, 0.15) is 23.3 Å². The van der Waals surface area contributed by atoms with Crippen LogP contribution in [0.4, 0.5) is 11.4 Å². The molecule has 1 aromatic heterocycles. The first-order valence-electron chi connectivity index (χ1n) is 9.09. The largest absolute Gasteiger partial charge is 0.326 e. The van der Waals surface area contributed by atoms with Crippen molar-refractivity contribution >= 4 is 62.3 Å². The van der Waals surface area contributed by atoms with Gasteiger partial charge in [0, 0.05) is 38.3 Å². The second-order valence-electron chi connectivity index (χ2n) is 6.89. The van der Waals surface area contributed by atoms with E-state index in [2.05, 4.69) is 10.6 Å². The molecule has 142 valence electrons. The summed E-state index contributed by atoms with van der Waals surface area (Å²) in [6.45, 7) is 1.91. The zero-order chi connectivity index (χ0) is 19.7. The SMILES string of the molecule is Cc1ccc(NC(=O)C2CC2)cc1NC(=O)/C=C/c1sc2ccccc2c1Cl. The molecule has 1 heterocycles. The van der Waals surface area contributed by atoms with E-state index in [0.29, 0.717) is 16.4 Å². The van der Waals surface area contributed by atoms with Crippen LogP contribution in [0.25, 0.3) is 16.2 Å². The number of benzene rings is 2. The van der Waals surface area contributed by atoms with Gasteiger partial charge in [-0.05, 0) is 49.6 Å². The number of halogens is 1. The molecular weight excluding hydrogens is 392 g/mol. The summed E-state index contributed by atoms with van der Waals surface area (Å²) in [5.41, 5.74) is 2.28. The van der Waals surface area contributed by atoms with Crippen molar-refractivity contribution in [3.63, 3.8) is 0 Å². The summed E-state index contributed by atoms with van der Waals surface area (Å²) in [5, 5.41) is 7.43. The number of rotatable bonds is 5. The molecule has 3 aromatic rings. The molecule has 1 aliphatic carbocycles. The number of thiophene rings is 1. The van der Waals surface area contributed by atoms with Crippen LogP contribution >= 0.6 is 22.9 Å². The smallest absolute Gasteiger partial charge is 0.248 e. The predicted molar refractivity (Wildman–Crippen MR) is 117 cm³/mol. The molecule has 1 fully saturated rings. The Bertz CT molecular complexity index is 1100. The number of nitrogens with one attached hydrogen (secondary N) is 2. The Hall–Kier alpha value is -2.63. The maximum Gasteiger partial charge on any atom is 0.248 e. The van der Waals surface area contributed by atoms with Gasteiger partial charge in [-0.1, -0.05) is 35.9 Å². The molecule has 0 bridgehead atoms. The average molecular weight is 411 g/mol. The van der Waals surface area contributed by atoms with Gasteiger partial charge >= 0.3 is 0 Å².